The van der Waals surface area contributed by atoms with Crippen molar-refractivity contribution in [1.29, 1.82) is 0 Å². The molecule has 0 aliphatic heterocycles. The first-order valence-corrected chi connectivity index (χ1v) is 5.23. The van der Waals surface area contributed by atoms with E-state index in [1.165, 1.54) is 26.0 Å². The van der Waals surface area contributed by atoms with E-state index in [1.54, 1.807) is 0 Å². The zero-order valence-electron chi connectivity index (χ0n) is 9.96. The third-order valence-corrected chi connectivity index (χ3v) is 2.46. The summed E-state index contributed by atoms with van der Waals surface area (Å²) >= 11 is 0. The van der Waals surface area contributed by atoms with Crippen molar-refractivity contribution in [3.05, 3.63) is 34.6 Å². The van der Waals surface area contributed by atoms with Crippen molar-refractivity contribution in [2.24, 2.45) is 0 Å². The van der Waals surface area contributed by atoms with Crippen LogP contribution in [0.4, 0.5) is 8.78 Å². The normalized spacial score (nSPS) is 12.0. The van der Waals surface area contributed by atoms with Crippen LogP contribution >= 0.6 is 0 Å². The third kappa shape index (κ3) is 3.03. The first-order valence-electron chi connectivity index (χ1n) is 5.23. The number of hydrogen-bond acceptors (Lipinski definition) is 2. The van der Waals surface area contributed by atoms with Crippen molar-refractivity contribution in [2.45, 2.75) is 19.9 Å². The first-order chi connectivity index (χ1) is 8.36. The minimum absolute atomic E-state index is 0.103. The van der Waals surface area contributed by atoms with E-state index in [1.807, 2.05) is 5.32 Å². The van der Waals surface area contributed by atoms with Gasteiger partial charge in [0, 0.05) is 5.56 Å². The molecule has 0 saturated heterocycles. The van der Waals surface area contributed by atoms with Crippen LogP contribution in [0.25, 0.3) is 0 Å². The van der Waals surface area contributed by atoms with Gasteiger partial charge in [0.1, 0.15) is 12.5 Å². The summed E-state index contributed by atoms with van der Waals surface area (Å²) in [6.45, 7) is 1.77. The molecule has 1 rings (SSSR count). The van der Waals surface area contributed by atoms with Gasteiger partial charge in [-0.25, -0.2) is 13.6 Å². The molecule has 4 nitrogen and oxygen atoms in total. The van der Waals surface area contributed by atoms with Gasteiger partial charge in [-0.2, -0.15) is 0 Å². The monoisotopic (exact) mass is 257 g/mol. The van der Waals surface area contributed by atoms with Gasteiger partial charge in [-0.3, -0.25) is 4.79 Å². The number of aryl methyl sites for hydroxylation is 2. The maximum atomic E-state index is 13.3. The van der Waals surface area contributed by atoms with Crippen molar-refractivity contribution in [1.82, 2.24) is 5.32 Å². The van der Waals surface area contributed by atoms with E-state index >= 15 is 0 Å². The molecule has 1 aromatic rings. The number of carbonyl (C=O) groups excluding carboxylic acids is 1. The molecule has 98 valence electrons. The maximum Gasteiger partial charge on any atom is 0.328 e. The SMILES string of the molecule is Cc1cc(C(=O)NC(CF)C(=O)O)cc(C)c1F. The molecule has 0 aliphatic rings. The van der Waals surface area contributed by atoms with E-state index in [9.17, 15) is 18.4 Å². The molecule has 1 atom stereocenters. The molecule has 0 aliphatic carbocycles. The molecule has 0 radical (unpaired) electrons. The van der Waals surface area contributed by atoms with Crippen molar-refractivity contribution < 1.29 is 23.5 Å². The maximum absolute atomic E-state index is 13.3. The molecule has 1 aromatic carbocycles. The average Bonchev–Trinajstić information content (AvgIpc) is 2.31. The molecule has 0 spiro atoms. The molecule has 0 heterocycles. The summed E-state index contributed by atoms with van der Waals surface area (Å²) in [5, 5.41) is 10.6. The molecule has 18 heavy (non-hydrogen) atoms. The topological polar surface area (TPSA) is 66.4 Å². The Balaban J connectivity index is 2.94. The summed E-state index contributed by atoms with van der Waals surface area (Å²) in [7, 11) is 0. The third-order valence-electron chi connectivity index (χ3n) is 2.46. The number of alkyl halides is 1. The Morgan fingerprint density at radius 3 is 2.22 bits per heavy atom. The summed E-state index contributed by atoms with van der Waals surface area (Å²) in [5.74, 6) is -2.63. The van der Waals surface area contributed by atoms with Crippen LogP contribution in [0.2, 0.25) is 0 Å². The van der Waals surface area contributed by atoms with E-state index in [-0.39, 0.29) is 16.7 Å². The van der Waals surface area contributed by atoms with Crippen LogP contribution in [-0.2, 0) is 4.79 Å². The molecule has 6 heteroatoms. The van der Waals surface area contributed by atoms with Crippen molar-refractivity contribution in [3.63, 3.8) is 0 Å². The molecular formula is C12H13F2NO3. The van der Waals surface area contributed by atoms with Crippen LogP contribution in [0.3, 0.4) is 0 Å². The lowest BCUT2D eigenvalue weighted by molar-refractivity contribution is -0.139. The minimum atomic E-state index is -1.59. The average molecular weight is 257 g/mol. The lowest BCUT2D eigenvalue weighted by atomic mass is 10.1. The number of rotatable bonds is 4. The Bertz CT molecular complexity index is 465. The van der Waals surface area contributed by atoms with Gasteiger partial charge in [-0.1, -0.05) is 0 Å². The molecule has 0 fully saturated rings. The minimum Gasteiger partial charge on any atom is -0.480 e. The highest BCUT2D eigenvalue weighted by Crippen LogP contribution is 2.14. The van der Waals surface area contributed by atoms with Crippen LogP contribution in [0.15, 0.2) is 12.1 Å². The molecule has 2 N–H and O–H groups in total. The van der Waals surface area contributed by atoms with Gasteiger partial charge in [-0.15, -0.1) is 0 Å². The zero-order chi connectivity index (χ0) is 13.9. The number of carbonyl (C=O) groups is 2. The fraction of sp³-hybridized carbons (Fsp3) is 0.333. The number of hydrogen-bond donors (Lipinski definition) is 2. The molecular weight excluding hydrogens is 244 g/mol. The number of carboxylic acid groups (broad SMARTS) is 1. The van der Waals surface area contributed by atoms with Gasteiger partial charge >= 0.3 is 5.97 Å². The van der Waals surface area contributed by atoms with Crippen LogP contribution in [-0.4, -0.2) is 29.7 Å². The van der Waals surface area contributed by atoms with Gasteiger partial charge in [0.25, 0.3) is 5.91 Å². The fourth-order valence-electron chi connectivity index (χ4n) is 1.48. The van der Waals surface area contributed by atoms with Crippen molar-refractivity contribution in [2.75, 3.05) is 6.67 Å². The van der Waals surface area contributed by atoms with E-state index in [0.717, 1.165) is 0 Å². The smallest absolute Gasteiger partial charge is 0.328 e. The molecule has 0 bridgehead atoms. The van der Waals surface area contributed by atoms with E-state index in [4.69, 9.17) is 5.11 Å². The van der Waals surface area contributed by atoms with Crippen LogP contribution in [0.5, 0.6) is 0 Å². The van der Waals surface area contributed by atoms with Crippen LogP contribution in [0.1, 0.15) is 21.5 Å². The highest BCUT2D eigenvalue weighted by molar-refractivity contribution is 5.96. The quantitative estimate of drug-likeness (QED) is 0.860. The lowest BCUT2D eigenvalue weighted by Gasteiger charge is -2.12. The first kappa shape index (κ1) is 14.1. The van der Waals surface area contributed by atoms with Crippen molar-refractivity contribution in [3.8, 4) is 0 Å². The zero-order valence-corrected chi connectivity index (χ0v) is 9.96. The van der Waals surface area contributed by atoms with Crippen LogP contribution < -0.4 is 5.32 Å². The van der Waals surface area contributed by atoms with Crippen molar-refractivity contribution >= 4 is 11.9 Å². The summed E-state index contributed by atoms with van der Waals surface area (Å²) < 4.78 is 25.7. The summed E-state index contributed by atoms with van der Waals surface area (Å²) in [4.78, 5) is 22.2. The highest BCUT2D eigenvalue weighted by atomic mass is 19.1. The number of amides is 1. The number of nitrogens with one attached hydrogen (secondary N) is 1. The van der Waals surface area contributed by atoms with Gasteiger partial charge < -0.3 is 10.4 Å². The largest absolute Gasteiger partial charge is 0.480 e. The lowest BCUT2D eigenvalue weighted by Crippen LogP contribution is -2.42. The number of aliphatic carboxylic acids is 1. The van der Waals surface area contributed by atoms with E-state index in [2.05, 4.69) is 0 Å². The predicted molar refractivity (Wildman–Crippen MR) is 60.7 cm³/mol. The molecule has 0 aromatic heterocycles. The van der Waals surface area contributed by atoms with E-state index < -0.39 is 30.4 Å². The summed E-state index contributed by atoms with van der Waals surface area (Å²) in [6.07, 6.45) is 0. The van der Waals surface area contributed by atoms with Gasteiger partial charge in [-0.05, 0) is 37.1 Å². The second-order valence-corrected chi connectivity index (χ2v) is 3.94. The van der Waals surface area contributed by atoms with Gasteiger partial charge in [0.2, 0.25) is 0 Å². The fourth-order valence-corrected chi connectivity index (χ4v) is 1.48. The van der Waals surface area contributed by atoms with Crippen LogP contribution in [0, 0.1) is 19.7 Å². The number of carboxylic acids is 1. The summed E-state index contributed by atoms with van der Waals surface area (Å²) in [6, 6.07) is 0.979. The number of benzene rings is 1. The molecule has 0 saturated carbocycles. The Morgan fingerprint density at radius 1 is 1.33 bits per heavy atom. The predicted octanol–water partition coefficient (Wildman–Crippen LogP) is 1.60. The van der Waals surface area contributed by atoms with Gasteiger partial charge in [0.15, 0.2) is 6.04 Å². The molecule has 1 amide bonds. The second kappa shape index (κ2) is 5.57. The second-order valence-electron chi connectivity index (χ2n) is 3.94. The summed E-state index contributed by atoms with van der Waals surface area (Å²) in [5.41, 5.74) is 0.644. The highest BCUT2D eigenvalue weighted by Gasteiger charge is 2.21. The Kier molecular flexibility index (Phi) is 4.36. The Morgan fingerprint density at radius 2 is 1.83 bits per heavy atom. The molecule has 1 unspecified atom stereocenters. The Hall–Kier alpha value is -1.98. The standard InChI is InChI=1S/C12H13F2NO3/c1-6-3-8(4-7(2)10(6)14)11(16)15-9(5-13)12(17)18/h3-4,9H,5H2,1-2H3,(H,15,16)(H,17,18). The van der Waals surface area contributed by atoms with E-state index in [0.29, 0.717) is 0 Å². The van der Waals surface area contributed by atoms with Gasteiger partial charge in [0.05, 0.1) is 0 Å². The Labute approximate surface area is 103 Å². The number of halogens is 2.